The third kappa shape index (κ3) is 3.94. The molecule has 0 spiro atoms. The van der Waals surface area contributed by atoms with Gasteiger partial charge in [-0.2, -0.15) is 4.57 Å². The smallest absolute Gasteiger partial charge is 0.309 e. The molecule has 0 radical (unpaired) electrons. The van der Waals surface area contributed by atoms with E-state index in [9.17, 15) is 4.79 Å². The van der Waals surface area contributed by atoms with Crippen LogP contribution in [0, 0.1) is 0 Å². The Labute approximate surface area is 148 Å². The molecule has 3 nitrogen and oxygen atoms in total. The summed E-state index contributed by atoms with van der Waals surface area (Å²) in [6.07, 6.45) is 0.961. The fraction of sp³-hybridized carbons (Fsp3) is 0.182. The van der Waals surface area contributed by atoms with Gasteiger partial charge in [-0.15, -0.1) is 0 Å². The summed E-state index contributed by atoms with van der Waals surface area (Å²) in [5.74, 6) is -0.777. The van der Waals surface area contributed by atoms with Crippen molar-refractivity contribution >= 4 is 5.97 Å². The summed E-state index contributed by atoms with van der Waals surface area (Å²) >= 11 is 0. The highest BCUT2D eigenvalue weighted by molar-refractivity contribution is 5.69. The number of carbonyl (C=O) groups is 1. The van der Waals surface area contributed by atoms with Crippen molar-refractivity contribution < 1.29 is 14.5 Å². The van der Waals surface area contributed by atoms with Crippen molar-refractivity contribution in [3.05, 3.63) is 78.5 Å². The van der Waals surface area contributed by atoms with E-state index in [-0.39, 0.29) is 6.42 Å². The van der Waals surface area contributed by atoms with Crippen LogP contribution in [0.2, 0.25) is 0 Å². The third-order valence-electron chi connectivity index (χ3n) is 4.34. The van der Waals surface area contributed by atoms with Crippen LogP contribution in [0.25, 0.3) is 22.4 Å². The van der Waals surface area contributed by atoms with Gasteiger partial charge in [0.05, 0.1) is 0 Å². The van der Waals surface area contributed by atoms with Gasteiger partial charge in [0, 0.05) is 24.1 Å². The summed E-state index contributed by atoms with van der Waals surface area (Å²) < 4.78 is 2.13. The zero-order valence-electron chi connectivity index (χ0n) is 14.4. The van der Waals surface area contributed by atoms with Crippen LogP contribution in [-0.4, -0.2) is 11.1 Å². The average molecular weight is 332 g/mol. The Bertz CT molecular complexity index is 858. The van der Waals surface area contributed by atoms with Gasteiger partial charge in [0.2, 0.25) is 5.69 Å². The highest BCUT2D eigenvalue weighted by atomic mass is 16.4. The Morgan fingerprint density at radius 2 is 1.48 bits per heavy atom. The van der Waals surface area contributed by atoms with Gasteiger partial charge in [-0.25, -0.2) is 0 Å². The maximum atomic E-state index is 11.1. The zero-order chi connectivity index (χ0) is 17.6. The van der Waals surface area contributed by atoms with Crippen LogP contribution in [0.3, 0.4) is 0 Å². The second-order valence-electron chi connectivity index (χ2n) is 6.00. The van der Waals surface area contributed by atoms with E-state index in [0.29, 0.717) is 6.54 Å². The van der Waals surface area contributed by atoms with Gasteiger partial charge in [-0.3, -0.25) is 4.79 Å². The summed E-state index contributed by atoms with van der Waals surface area (Å²) in [6.45, 7) is 2.58. The lowest BCUT2D eigenvalue weighted by Crippen LogP contribution is -2.41. The maximum Gasteiger partial charge on any atom is 0.309 e. The van der Waals surface area contributed by atoms with Crippen molar-refractivity contribution in [3.63, 3.8) is 0 Å². The molecule has 0 unspecified atom stereocenters. The predicted molar refractivity (Wildman–Crippen MR) is 99.1 cm³/mol. The minimum atomic E-state index is -0.777. The van der Waals surface area contributed by atoms with Crippen LogP contribution in [0.1, 0.15) is 19.0 Å². The fourth-order valence-corrected chi connectivity index (χ4v) is 3.09. The number of benzene rings is 2. The van der Waals surface area contributed by atoms with Crippen LogP contribution in [0.5, 0.6) is 0 Å². The summed E-state index contributed by atoms with van der Waals surface area (Å²) in [5.41, 5.74) is 5.62. The minimum Gasteiger partial charge on any atom is -0.481 e. The van der Waals surface area contributed by atoms with E-state index in [2.05, 4.69) is 47.9 Å². The van der Waals surface area contributed by atoms with E-state index >= 15 is 0 Å². The van der Waals surface area contributed by atoms with Crippen LogP contribution in [0.4, 0.5) is 0 Å². The second kappa shape index (κ2) is 7.75. The topological polar surface area (TPSA) is 41.2 Å². The number of rotatable bonds is 6. The standard InChI is InChI=1S/C22H21NO2/c1-2-20-15-19(17-9-5-3-6-10-17)16-21(18-11-7-4-8-12-18)23(20)14-13-22(24)25/h3-12,15-16H,2,13-14H2,1H3/p+1. The Morgan fingerprint density at radius 3 is 2.04 bits per heavy atom. The van der Waals surface area contributed by atoms with Crippen LogP contribution in [-0.2, 0) is 17.8 Å². The molecule has 3 heteroatoms. The number of hydrogen-bond donors (Lipinski definition) is 1. The monoisotopic (exact) mass is 332 g/mol. The number of aryl methyl sites for hydroxylation is 1. The van der Waals surface area contributed by atoms with Crippen LogP contribution in [0.15, 0.2) is 72.8 Å². The molecule has 0 aliphatic rings. The molecule has 0 bridgehead atoms. The molecular formula is C22H22NO2+. The van der Waals surface area contributed by atoms with E-state index in [4.69, 9.17) is 5.11 Å². The number of aliphatic carboxylic acids is 1. The molecular weight excluding hydrogens is 310 g/mol. The Hall–Kier alpha value is -2.94. The molecule has 1 heterocycles. The fourth-order valence-electron chi connectivity index (χ4n) is 3.09. The first-order valence-corrected chi connectivity index (χ1v) is 8.58. The molecule has 25 heavy (non-hydrogen) atoms. The molecule has 0 aliphatic heterocycles. The molecule has 2 aromatic carbocycles. The van der Waals surface area contributed by atoms with E-state index < -0.39 is 5.97 Å². The largest absolute Gasteiger partial charge is 0.481 e. The van der Waals surface area contributed by atoms with Crippen molar-refractivity contribution in [2.24, 2.45) is 0 Å². The quantitative estimate of drug-likeness (QED) is 0.682. The van der Waals surface area contributed by atoms with Gasteiger partial charge in [0.25, 0.3) is 0 Å². The molecule has 0 fully saturated rings. The molecule has 1 aromatic heterocycles. The number of aromatic nitrogens is 1. The first-order valence-electron chi connectivity index (χ1n) is 8.58. The summed E-state index contributed by atoms with van der Waals surface area (Å²) in [4.78, 5) is 11.1. The number of carboxylic acid groups (broad SMARTS) is 1. The van der Waals surface area contributed by atoms with E-state index in [0.717, 1.165) is 28.9 Å². The highest BCUT2D eigenvalue weighted by Gasteiger charge is 2.20. The van der Waals surface area contributed by atoms with Gasteiger partial charge in [0.1, 0.15) is 6.42 Å². The zero-order valence-corrected chi connectivity index (χ0v) is 14.4. The lowest BCUT2D eigenvalue weighted by Gasteiger charge is -2.11. The number of carboxylic acids is 1. The van der Waals surface area contributed by atoms with Gasteiger partial charge in [0.15, 0.2) is 12.2 Å². The van der Waals surface area contributed by atoms with Crippen LogP contribution >= 0.6 is 0 Å². The number of nitrogens with zero attached hydrogens (tertiary/aromatic N) is 1. The van der Waals surface area contributed by atoms with E-state index in [1.165, 1.54) is 5.56 Å². The van der Waals surface area contributed by atoms with Crippen molar-refractivity contribution in [1.82, 2.24) is 0 Å². The first kappa shape index (κ1) is 16.9. The first-order chi connectivity index (χ1) is 12.2. The van der Waals surface area contributed by atoms with E-state index in [1.54, 1.807) is 0 Å². The molecule has 0 aliphatic carbocycles. The predicted octanol–water partition coefficient (Wildman–Crippen LogP) is 4.35. The van der Waals surface area contributed by atoms with Gasteiger partial charge < -0.3 is 5.11 Å². The third-order valence-corrected chi connectivity index (χ3v) is 4.34. The lowest BCUT2D eigenvalue weighted by atomic mass is 10.0. The van der Waals surface area contributed by atoms with Gasteiger partial charge in [-0.05, 0) is 23.3 Å². The molecule has 0 saturated carbocycles. The summed E-state index contributed by atoms with van der Waals surface area (Å²) in [6, 6.07) is 24.8. The average Bonchev–Trinajstić information content (AvgIpc) is 2.67. The summed E-state index contributed by atoms with van der Waals surface area (Å²) in [7, 11) is 0. The highest BCUT2D eigenvalue weighted by Crippen LogP contribution is 2.25. The number of hydrogen-bond acceptors (Lipinski definition) is 1. The van der Waals surface area contributed by atoms with Crippen molar-refractivity contribution in [2.75, 3.05) is 0 Å². The van der Waals surface area contributed by atoms with E-state index in [1.807, 2.05) is 36.4 Å². The Morgan fingerprint density at radius 1 is 0.880 bits per heavy atom. The van der Waals surface area contributed by atoms with Gasteiger partial charge in [-0.1, -0.05) is 55.5 Å². The minimum absolute atomic E-state index is 0.113. The maximum absolute atomic E-state index is 11.1. The van der Waals surface area contributed by atoms with Crippen LogP contribution < -0.4 is 4.57 Å². The SMILES string of the molecule is CCc1cc(-c2ccccc2)cc(-c2ccccc2)[n+]1CCC(=O)O. The molecule has 0 amide bonds. The molecule has 1 N–H and O–H groups in total. The summed E-state index contributed by atoms with van der Waals surface area (Å²) in [5, 5.41) is 9.12. The lowest BCUT2D eigenvalue weighted by molar-refractivity contribution is -0.692. The molecule has 126 valence electrons. The normalized spacial score (nSPS) is 10.6. The van der Waals surface area contributed by atoms with Crippen molar-refractivity contribution in [1.29, 1.82) is 0 Å². The molecule has 3 aromatic rings. The molecule has 0 atom stereocenters. The number of pyridine rings is 1. The van der Waals surface area contributed by atoms with Crippen molar-refractivity contribution in [3.8, 4) is 22.4 Å². The molecule has 0 saturated heterocycles. The second-order valence-corrected chi connectivity index (χ2v) is 6.00. The molecule has 3 rings (SSSR count). The Kier molecular flexibility index (Phi) is 5.24. The van der Waals surface area contributed by atoms with Crippen molar-refractivity contribution in [2.45, 2.75) is 26.3 Å². The van der Waals surface area contributed by atoms with Gasteiger partial charge >= 0.3 is 5.97 Å². The Balaban J connectivity index is 2.18.